The third kappa shape index (κ3) is 1.56. The number of fused-ring (bicyclic) bond motifs is 3. The minimum atomic E-state index is 0.997. The van der Waals surface area contributed by atoms with Crippen molar-refractivity contribution in [2.24, 2.45) is 0 Å². The number of anilines is 1. The Morgan fingerprint density at radius 1 is 0.952 bits per heavy atom. The maximum absolute atomic E-state index is 4.96. The summed E-state index contributed by atoms with van der Waals surface area (Å²) < 4.78 is 0. The highest BCUT2D eigenvalue weighted by Gasteiger charge is 2.27. The average Bonchev–Trinajstić information content (AvgIpc) is 2.54. The number of para-hydroxylation sites is 2. The van der Waals surface area contributed by atoms with Crippen LogP contribution >= 0.6 is 0 Å². The van der Waals surface area contributed by atoms with Gasteiger partial charge in [-0.2, -0.15) is 0 Å². The van der Waals surface area contributed by atoms with Crippen LogP contribution in [0.2, 0.25) is 0 Å². The molecule has 3 aromatic rings. The van der Waals surface area contributed by atoms with Gasteiger partial charge in [0.05, 0.1) is 11.2 Å². The monoisotopic (exact) mass is 272 g/mol. The van der Waals surface area contributed by atoms with Crippen molar-refractivity contribution in [3.8, 4) is 11.3 Å². The molecule has 2 nitrogen and oxygen atoms in total. The number of hydrogen-bond acceptors (Lipinski definition) is 2. The number of aryl methyl sites for hydroxylation is 1. The number of benzene rings is 2. The van der Waals surface area contributed by atoms with Crippen LogP contribution in [0.5, 0.6) is 0 Å². The molecule has 0 amide bonds. The van der Waals surface area contributed by atoms with Gasteiger partial charge in [0, 0.05) is 29.7 Å². The molecule has 2 heteroatoms. The highest BCUT2D eigenvalue weighted by atomic mass is 15.1. The second-order valence-corrected chi connectivity index (χ2v) is 6.03. The van der Waals surface area contributed by atoms with Crippen LogP contribution in [0.15, 0.2) is 48.5 Å². The normalized spacial score (nSPS) is 15.7. The molecular weight excluding hydrogens is 256 g/mol. The number of pyridine rings is 1. The summed E-state index contributed by atoms with van der Waals surface area (Å²) in [5.74, 6) is 0. The minimum absolute atomic E-state index is 0.997. The lowest BCUT2D eigenvalue weighted by Gasteiger charge is -2.37. The van der Waals surface area contributed by atoms with E-state index in [0.29, 0.717) is 0 Å². The van der Waals surface area contributed by atoms with Crippen molar-refractivity contribution < 1.29 is 0 Å². The third-order valence-corrected chi connectivity index (χ3v) is 4.73. The van der Waals surface area contributed by atoms with Gasteiger partial charge in [-0.15, -0.1) is 0 Å². The fourth-order valence-electron chi connectivity index (χ4n) is 3.81. The molecule has 0 saturated carbocycles. The summed E-state index contributed by atoms with van der Waals surface area (Å²) in [6.07, 6.45) is 2.45. The van der Waals surface area contributed by atoms with Gasteiger partial charge in [0.1, 0.15) is 0 Å². The summed E-state index contributed by atoms with van der Waals surface area (Å²) in [5.41, 5.74) is 7.87. The van der Waals surface area contributed by atoms with Crippen LogP contribution in [0.25, 0.3) is 22.2 Å². The Kier molecular flexibility index (Phi) is 2.20. The van der Waals surface area contributed by atoms with E-state index in [2.05, 4.69) is 53.4 Å². The maximum atomic E-state index is 4.96. The zero-order chi connectivity index (χ0) is 13.8. The summed E-state index contributed by atoms with van der Waals surface area (Å²) in [4.78, 5) is 7.50. The zero-order valence-electron chi connectivity index (χ0n) is 11.8. The van der Waals surface area contributed by atoms with Crippen molar-refractivity contribution in [3.05, 3.63) is 59.7 Å². The highest BCUT2D eigenvalue weighted by Crippen LogP contribution is 2.43. The van der Waals surface area contributed by atoms with E-state index in [0.717, 1.165) is 18.6 Å². The van der Waals surface area contributed by atoms with E-state index in [4.69, 9.17) is 4.98 Å². The Morgan fingerprint density at radius 2 is 1.90 bits per heavy atom. The zero-order valence-corrected chi connectivity index (χ0v) is 11.8. The van der Waals surface area contributed by atoms with Gasteiger partial charge >= 0.3 is 0 Å². The molecule has 0 radical (unpaired) electrons. The third-order valence-electron chi connectivity index (χ3n) is 4.73. The maximum Gasteiger partial charge on any atom is 0.0780 e. The summed E-state index contributed by atoms with van der Waals surface area (Å²) in [5, 5.41) is 1.24. The first-order chi connectivity index (χ1) is 10.4. The second-order valence-electron chi connectivity index (χ2n) is 6.03. The number of aromatic nitrogens is 1. The summed E-state index contributed by atoms with van der Waals surface area (Å²) >= 11 is 0. The van der Waals surface area contributed by atoms with E-state index < -0.39 is 0 Å². The second kappa shape index (κ2) is 4.08. The molecule has 3 heterocycles. The summed E-state index contributed by atoms with van der Waals surface area (Å²) in [7, 11) is 0. The topological polar surface area (TPSA) is 16.1 Å². The minimum Gasteiger partial charge on any atom is -0.366 e. The largest absolute Gasteiger partial charge is 0.366 e. The van der Waals surface area contributed by atoms with Crippen LogP contribution in [0.1, 0.15) is 17.5 Å². The van der Waals surface area contributed by atoms with Gasteiger partial charge in [-0.1, -0.05) is 36.4 Å². The molecule has 5 rings (SSSR count). The fraction of sp³-hybridized carbons (Fsp3) is 0.211. The van der Waals surface area contributed by atoms with E-state index in [9.17, 15) is 0 Å². The smallest absolute Gasteiger partial charge is 0.0780 e. The molecule has 0 spiro atoms. The Labute approximate surface area is 124 Å². The van der Waals surface area contributed by atoms with Crippen LogP contribution in [0.3, 0.4) is 0 Å². The van der Waals surface area contributed by atoms with Gasteiger partial charge in [0.15, 0.2) is 0 Å². The van der Waals surface area contributed by atoms with E-state index in [1.807, 2.05) is 0 Å². The molecular formula is C19H16N2. The molecule has 102 valence electrons. The molecule has 0 fully saturated rings. The lowest BCUT2D eigenvalue weighted by molar-refractivity contribution is 0.685. The van der Waals surface area contributed by atoms with Crippen LogP contribution < -0.4 is 4.90 Å². The van der Waals surface area contributed by atoms with Crippen molar-refractivity contribution >= 4 is 16.6 Å². The van der Waals surface area contributed by atoms with Crippen molar-refractivity contribution in [2.45, 2.75) is 19.4 Å². The van der Waals surface area contributed by atoms with Crippen molar-refractivity contribution in [2.75, 3.05) is 11.4 Å². The van der Waals surface area contributed by atoms with Gasteiger partial charge in [-0.05, 0) is 36.1 Å². The van der Waals surface area contributed by atoms with Gasteiger partial charge in [0.2, 0.25) is 0 Å². The van der Waals surface area contributed by atoms with Crippen molar-refractivity contribution in [1.82, 2.24) is 4.98 Å². The quantitative estimate of drug-likeness (QED) is 0.610. The lowest BCUT2D eigenvalue weighted by Crippen LogP contribution is -2.32. The van der Waals surface area contributed by atoms with Gasteiger partial charge in [-0.25, -0.2) is 4.98 Å². The van der Waals surface area contributed by atoms with Gasteiger partial charge in [-0.3, -0.25) is 0 Å². The highest BCUT2D eigenvalue weighted by molar-refractivity contribution is 5.89. The predicted molar refractivity (Wildman–Crippen MR) is 86.6 cm³/mol. The fourth-order valence-corrected chi connectivity index (χ4v) is 3.81. The lowest BCUT2D eigenvalue weighted by atomic mass is 9.90. The molecule has 0 aliphatic carbocycles. The van der Waals surface area contributed by atoms with Crippen LogP contribution in [0.4, 0.5) is 5.69 Å². The van der Waals surface area contributed by atoms with E-state index >= 15 is 0 Å². The van der Waals surface area contributed by atoms with Crippen LogP contribution in [-0.2, 0) is 13.0 Å². The standard InChI is InChI=1S/C19H16N2/c1-2-9-17-14(5-1)11-15-12-21-10-4-7-13-6-3-8-16(19(13)21)18(15)20-17/h1-3,5-6,8-9,11H,4,7,10,12H2. The number of hydrogen-bond donors (Lipinski definition) is 0. The molecule has 2 aromatic carbocycles. The first-order valence-electron chi connectivity index (χ1n) is 7.66. The molecule has 2 aliphatic rings. The number of rotatable bonds is 0. The molecule has 21 heavy (non-hydrogen) atoms. The Morgan fingerprint density at radius 3 is 2.90 bits per heavy atom. The Balaban J connectivity index is 1.85. The molecule has 1 aromatic heterocycles. The SMILES string of the molecule is c1cc2c3c(c1)-c1nc4ccccc4cc1CN3CCC2. The summed E-state index contributed by atoms with van der Waals surface area (Å²) in [6, 6.07) is 17.4. The van der Waals surface area contributed by atoms with E-state index in [1.165, 1.54) is 46.3 Å². The van der Waals surface area contributed by atoms with Crippen LogP contribution in [-0.4, -0.2) is 11.5 Å². The molecule has 0 atom stereocenters. The van der Waals surface area contributed by atoms with Crippen LogP contribution in [0, 0.1) is 0 Å². The Bertz CT molecular complexity index is 867. The molecule has 0 N–H and O–H groups in total. The van der Waals surface area contributed by atoms with Crippen molar-refractivity contribution in [3.63, 3.8) is 0 Å². The van der Waals surface area contributed by atoms with Crippen molar-refractivity contribution in [1.29, 1.82) is 0 Å². The molecule has 0 saturated heterocycles. The predicted octanol–water partition coefficient (Wildman–Crippen LogP) is 4.17. The van der Waals surface area contributed by atoms with E-state index in [-0.39, 0.29) is 0 Å². The number of nitrogens with zero attached hydrogens (tertiary/aromatic N) is 2. The molecule has 0 unspecified atom stereocenters. The van der Waals surface area contributed by atoms with Gasteiger partial charge < -0.3 is 4.90 Å². The van der Waals surface area contributed by atoms with Gasteiger partial charge in [0.25, 0.3) is 0 Å². The first kappa shape index (κ1) is 11.3. The Hall–Kier alpha value is -2.35. The average molecular weight is 272 g/mol. The molecule has 2 aliphatic heterocycles. The summed E-state index contributed by atoms with van der Waals surface area (Å²) in [6.45, 7) is 2.16. The molecule has 0 bridgehead atoms. The first-order valence-corrected chi connectivity index (χ1v) is 7.66. The van der Waals surface area contributed by atoms with E-state index in [1.54, 1.807) is 0 Å².